The molecule has 1 aromatic carbocycles. The summed E-state index contributed by atoms with van der Waals surface area (Å²) < 4.78 is 41.6. The normalized spacial score (nSPS) is 11.5. The van der Waals surface area contributed by atoms with Crippen LogP contribution in [-0.2, 0) is 22.3 Å². The highest BCUT2D eigenvalue weighted by atomic mass is 19.4. The maximum Gasteiger partial charge on any atom is 0.416 e. The van der Waals surface area contributed by atoms with E-state index >= 15 is 0 Å². The average Bonchev–Trinajstić information content (AvgIpc) is 2.23. The van der Waals surface area contributed by atoms with Gasteiger partial charge in [0, 0.05) is 0 Å². The number of hydrogen-bond acceptors (Lipinski definition) is 2. The fraction of sp³-hybridized carbons (Fsp3) is 0.364. The van der Waals surface area contributed by atoms with E-state index in [2.05, 4.69) is 0 Å². The number of aliphatic carboxylic acids is 1. The second-order valence-electron chi connectivity index (χ2n) is 3.39. The van der Waals surface area contributed by atoms with Crippen LogP contribution in [0.3, 0.4) is 0 Å². The van der Waals surface area contributed by atoms with Gasteiger partial charge in [-0.3, -0.25) is 4.79 Å². The highest BCUT2D eigenvalue weighted by Gasteiger charge is 2.29. The van der Waals surface area contributed by atoms with Crippen LogP contribution in [0.1, 0.15) is 17.5 Å². The van der Waals surface area contributed by atoms with Crippen molar-refractivity contribution in [2.75, 3.05) is 6.61 Å². The van der Waals surface area contributed by atoms with E-state index in [0.29, 0.717) is 5.56 Å². The molecule has 1 aromatic rings. The first-order valence-corrected chi connectivity index (χ1v) is 4.85. The molecule has 3 nitrogen and oxygen atoms in total. The molecule has 6 heteroatoms. The predicted molar refractivity (Wildman–Crippen MR) is 53.4 cm³/mol. The fourth-order valence-electron chi connectivity index (χ4n) is 1.14. The Morgan fingerprint density at radius 2 is 1.82 bits per heavy atom. The van der Waals surface area contributed by atoms with E-state index in [0.717, 1.165) is 12.1 Å². The van der Waals surface area contributed by atoms with Crippen molar-refractivity contribution in [3.8, 4) is 0 Å². The van der Waals surface area contributed by atoms with Gasteiger partial charge in [0.2, 0.25) is 0 Å². The van der Waals surface area contributed by atoms with E-state index in [1.54, 1.807) is 0 Å². The first-order valence-electron chi connectivity index (χ1n) is 4.85. The molecule has 1 N–H and O–H groups in total. The molecule has 0 aliphatic carbocycles. The highest BCUT2D eigenvalue weighted by molar-refractivity contribution is 5.66. The minimum absolute atomic E-state index is 0.0381. The zero-order valence-corrected chi connectivity index (χ0v) is 8.83. The predicted octanol–water partition coefficient (Wildman–Crippen LogP) is 2.70. The van der Waals surface area contributed by atoms with Gasteiger partial charge in [-0.15, -0.1) is 0 Å². The van der Waals surface area contributed by atoms with E-state index in [1.165, 1.54) is 12.1 Å². The number of carbonyl (C=O) groups is 1. The van der Waals surface area contributed by atoms with Crippen molar-refractivity contribution in [1.82, 2.24) is 0 Å². The molecule has 0 unspecified atom stereocenters. The average molecular weight is 248 g/mol. The van der Waals surface area contributed by atoms with Gasteiger partial charge in [-0.05, 0) is 17.7 Å². The monoisotopic (exact) mass is 248 g/mol. The summed E-state index contributed by atoms with van der Waals surface area (Å²) in [5.74, 6) is -0.975. The molecule has 0 amide bonds. The topological polar surface area (TPSA) is 46.5 Å². The molecule has 0 saturated carbocycles. The summed E-state index contributed by atoms with van der Waals surface area (Å²) >= 11 is 0. The number of rotatable bonds is 5. The summed E-state index contributed by atoms with van der Waals surface area (Å²) in [4.78, 5) is 10.2. The molecule has 0 aliphatic rings. The molecule has 0 bridgehead atoms. The molecule has 17 heavy (non-hydrogen) atoms. The lowest BCUT2D eigenvalue weighted by Crippen LogP contribution is -2.05. The van der Waals surface area contributed by atoms with Crippen LogP contribution in [0, 0.1) is 0 Å². The minimum atomic E-state index is -4.34. The molecule has 94 valence electrons. The van der Waals surface area contributed by atoms with Crippen LogP contribution >= 0.6 is 0 Å². The van der Waals surface area contributed by atoms with E-state index in [1.807, 2.05) is 0 Å². The largest absolute Gasteiger partial charge is 0.481 e. The molecule has 0 aliphatic heterocycles. The van der Waals surface area contributed by atoms with Crippen molar-refractivity contribution in [3.63, 3.8) is 0 Å². The van der Waals surface area contributed by atoms with Crippen molar-refractivity contribution in [2.45, 2.75) is 19.2 Å². The van der Waals surface area contributed by atoms with Gasteiger partial charge >= 0.3 is 12.1 Å². The molecule has 0 radical (unpaired) electrons. The van der Waals surface area contributed by atoms with Crippen molar-refractivity contribution < 1.29 is 27.8 Å². The Morgan fingerprint density at radius 3 is 2.29 bits per heavy atom. The molecular formula is C11H11F3O3. The molecular weight excluding hydrogens is 237 g/mol. The summed E-state index contributed by atoms with van der Waals surface area (Å²) in [6.07, 6.45) is -4.47. The summed E-state index contributed by atoms with van der Waals surface area (Å²) in [7, 11) is 0. The first-order chi connectivity index (χ1) is 7.89. The summed E-state index contributed by atoms with van der Waals surface area (Å²) in [6, 6.07) is 4.55. The third-order valence-electron chi connectivity index (χ3n) is 2.01. The molecule has 0 fully saturated rings. The van der Waals surface area contributed by atoms with E-state index < -0.39 is 17.7 Å². The van der Waals surface area contributed by atoms with Crippen molar-refractivity contribution in [2.24, 2.45) is 0 Å². The zero-order valence-electron chi connectivity index (χ0n) is 8.83. The number of carboxylic acid groups (broad SMARTS) is 1. The van der Waals surface area contributed by atoms with Gasteiger partial charge in [0.05, 0.1) is 25.2 Å². The molecule has 0 spiro atoms. The second kappa shape index (κ2) is 5.67. The molecule has 1 rings (SSSR count). The second-order valence-corrected chi connectivity index (χ2v) is 3.39. The van der Waals surface area contributed by atoms with Crippen molar-refractivity contribution >= 4 is 5.97 Å². The SMILES string of the molecule is O=C(O)CCOCc1ccc(C(F)(F)F)cc1. The van der Waals surface area contributed by atoms with E-state index in [-0.39, 0.29) is 19.6 Å². The Morgan fingerprint density at radius 1 is 1.24 bits per heavy atom. The Bertz CT molecular complexity index is 371. The minimum Gasteiger partial charge on any atom is -0.481 e. The standard InChI is InChI=1S/C11H11F3O3/c12-11(13,14)9-3-1-8(2-4-9)7-17-6-5-10(15)16/h1-4H,5-7H2,(H,15,16). The van der Waals surface area contributed by atoms with Crippen LogP contribution in [0.2, 0.25) is 0 Å². The van der Waals surface area contributed by atoms with Crippen LogP contribution in [0.4, 0.5) is 13.2 Å². The molecule has 0 atom stereocenters. The Balaban J connectivity index is 2.43. The summed E-state index contributed by atoms with van der Waals surface area (Å²) in [5, 5.41) is 8.33. The van der Waals surface area contributed by atoms with Gasteiger partial charge in [0.15, 0.2) is 0 Å². The van der Waals surface area contributed by atoms with Crippen LogP contribution in [0.15, 0.2) is 24.3 Å². The number of hydrogen-bond donors (Lipinski definition) is 1. The Labute approximate surface area is 95.8 Å². The van der Waals surface area contributed by atoms with Gasteiger partial charge in [-0.2, -0.15) is 13.2 Å². The maximum atomic E-state index is 12.2. The van der Waals surface area contributed by atoms with Gasteiger partial charge in [-0.1, -0.05) is 12.1 Å². The molecule has 0 saturated heterocycles. The van der Waals surface area contributed by atoms with Crippen molar-refractivity contribution in [3.05, 3.63) is 35.4 Å². The number of halogens is 3. The number of benzene rings is 1. The van der Waals surface area contributed by atoms with E-state index in [9.17, 15) is 18.0 Å². The van der Waals surface area contributed by atoms with Gasteiger partial charge in [0.1, 0.15) is 0 Å². The van der Waals surface area contributed by atoms with Crippen LogP contribution in [-0.4, -0.2) is 17.7 Å². The number of carboxylic acids is 1. The zero-order chi connectivity index (χ0) is 12.9. The lowest BCUT2D eigenvalue weighted by molar-refractivity contribution is -0.139. The maximum absolute atomic E-state index is 12.2. The first kappa shape index (κ1) is 13.5. The van der Waals surface area contributed by atoms with E-state index in [4.69, 9.17) is 9.84 Å². The van der Waals surface area contributed by atoms with Gasteiger partial charge in [0.25, 0.3) is 0 Å². The third-order valence-corrected chi connectivity index (χ3v) is 2.01. The van der Waals surface area contributed by atoms with Crippen LogP contribution in [0.25, 0.3) is 0 Å². The lowest BCUT2D eigenvalue weighted by atomic mass is 10.1. The van der Waals surface area contributed by atoms with Crippen molar-refractivity contribution in [1.29, 1.82) is 0 Å². The van der Waals surface area contributed by atoms with Gasteiger partial charge in [-0.25, -0.2) is 0 Å². The third kappa shape index (κ3) is 4.86. The smallest absolute Gasteiger partial charge is 0.416 e. The summed E-state index contributed by atoms with van der Waals surface area (Å²) in [6.45, 7) is 0.141. The molecule has 0 heterocycles. The quantitative estimate of drug-likeness (QED) is 0.815. The van der Waals surface area contributed by atoms with Crippen LogP contribution in [0.5, 0.6) is 0 Å². The van der Waals surface area contributed by atoms with Gasteiger partial charge < -0.3 is 9.84 Å². The highest BCUT2D eigenvalue weighted by Crippen LogP contribution is 2.29. The lowest BCUT2D eigenvalue weighted by Gasteiger charge is -2.07. The molecule has 0 aromatic heterocycles. The fourth-order valence-corrected chi connectivity index (χ4v) is 1.14. The summed E-state index contributed by atoms with van der Waals surface area (Å²) in [5.41, 5.74) is -0.143. The van der Waals surface area contributed by atoms with Crippen LogP contribution < -0.4 is 0 Å². The Hall–Kier alpha value is -1.56. The Kier molecular flexibility index (Phi) is 4.51. The number of ether oxygens (including phenoxy) is 1. The number of alkyl halides is 3.